The van der Waals surface area contributed by atoms with Crippen LogP contribution in [0.4, 0.5) is 0 Å². The van der Waals surface area contributed by atoms with Gasteiger partial charge in [0, 0.05) is 23.6 Å². The topological polar surface area (TPSA) is 75.3 Å². The fraction of sp³-hybridized carbons (Fsp3) is 0.435. The zero-order valence-electron chi connectivity index (χ0n) is 16.6. The minimum atomic E-state index is -3.61. The summed E-state index contributed by atoms with van der Waals surface area (Å²) in [5.74, 6) is -0.231. The van der Waals surface area contributed by atoms with E-state index in [0.717, 1.165) is 44.9 Å². The van der Waals surface area contributed by atoms with Crippen molar-refractivity contribution in [2.24, 2.45) is 0 Å². The van der Waals surface area contributed by atoms with Gasteiger partial charge in [0.15, 0.2) is 0 Å². The predicted octanol–water partition coefficient (Wildman–Crippen LogP) is 3.76. The van der Waals surface area contributed by atoms with Gasteiger partial charge in [-0.3, -0.25) is 4.79 Å². The summed E-state index contributed by atoms with van der Waals surface area (Å²) in [5.41, 5.74) is 1.62. The van der Waals surface area contributed by atoms with E-state index in [2.05, 4.69) is 22.2 Å². The number of nitrogens with one attached hydrogen (secondary N) is 2. The molecule has 5 nitrogen and oxygen atoms in total. The highest BCUT2D eigenvalue weighted by Gasteiger charge is 2.38. The number of amides is 1. The third-order valence-electron chi connectivity index (χ3n) is 6.37. The van der Waals surface area contributed by atoms with Crippen LogP contribution in [0, 0.1) is 0 Å². The van der Waals surface area contributed by atoms with E-state index in [-0.39, 0.29) is 22.3 Å². The summed E-state index contributed by atoms with van der Waals surface area (Å²) in [7, 11) is -3.61. The van der Waals surface area contributed by atoms with E-state index in [9.17, 15) is 13.2 Å². The quantitative estimate of drug-likeness (QED) is 0.727. The lowest BCUT2D eigenvalue weighted by molar-refractivity contribution is 0.0927. The Morgan fingerprint density at radius 1 is 0.966 bits per heavy atom. The molecule has 2 aliphatic rings. The summed E-state index contributed by atoms with van der Waals surface area (Å²) < 4.78 is 28.1. The smallest absolute Gasteiger partial charge is 0.251 e. The molecule has 2 saturated carbocycles. The molecule has 0 heterocycles. The average Bonchev–Trinajstić information content (AvgIpc) is 3.20. The fourth-order valence-corrected chi connectivity index (χ4v) is 5.80. The van der Waals surface area contributed by atoms with Crippen molar-refractivity contribution in [1.82, 2.24) is 10.0 Å². The summed E-state index contributed by atoms with van der Waals surface area (Å²) in [6.45, 7) is 0.563. The molecule has 0 unspecified atom stereocenters. The molecule has 2 fully saturated rings. The molecule has 154 valence electrons. The molecule has 2 aliphatic carbocycles. The highest BCUT2D eigenvalue weighted by atomic mass is 32.2. The molecule has 6 heteroatoms. The van der Waals surface area contributed by atoms with Crippen molar-refractivity contribution in [3.8, 4) is 0 Å². The van der Waals surface area contributed by atoms with E-state index < -0.39 is 10.0 Å². The molecule has 0 saturated heterocycles. The van der Waals surface area contributed by atoms with Gasteiger partial charge in [0.25, 0.3) is 5.91 Å². The van der Waals surface area contributed by atoms with Gasteiger partial charge in [0.2, 0.25) is 10.0 Å². The Morgan fingerprint density at radius 3 is 2.34 bits per heavy atom. The lowest BCUT2D eigenvalue weighted by Gasteiger charge is -2.42. The van der Waals surface area contributed by atoms with E-state index in [4.69, 9.17) is 0 Å². The molecule has 0 radical (unpaired) electrons. The van der Waals surface area contributed by atoms with Gasteiger partial charge in [0.05, 0.1) is 4.90 Å². The highest BCUT2D eigenvalue weighted by Crippen LogP contribution is 2.43. The molecule has 1 amide bonds. The van der Waals surface area contributed by atoms with Gasteiger partial charge in [-0.05, 0) is 49.4 Å². The second-order valence-corrected chi connectivity index (χ2v) is 10.0. The van der Waals surface area contributed by atoms with Crippen LogP contribution >= 0.6 is 0 Å². The molecule has 4 rings (SSSR count). The van der Waals surface area contributed by atoms with Gasteiger partial charge < -0.3 is 5.32 Å². The van der Waals surface area contributed by atoms with Gasteiger partial charge in [-0.2, -0.15) is 0 Å². The zero-order valence-corrected chi connectivity index (χ0v) is 17.4. The van der Waals surface area contributed by atoms with Crippen LogP contribution in [0.3, 0.4) is 0 Å². The minimum absolute atomic E-state index is 0.00169. The van der Waals surface area contributed by atoms with Crippen molar-refractivity contribution in [3.05, 3.63) is 65.7 Å². The lowest BCUT2D eigenvalue weighted by atomic mass is 9.64. The summed E-state index contributed by atoms with van der Waals surface area (Å²) in [4.78, 5) is 12.9. The van der Waals surface area contributed by atoms with Gasteiger partial charge in [-0.25, -0.2) is 13.1 Å². The number of sulfonamides is 1. The van der Waals surface area contributed by atoms with E-state index in [1.165, 1.54) is 11.6 Å². The van der Waals surface area contributed by atoms with Crippen LogP contribution < -0.4 is 10.0 Å². The third-order valence-corrected chi connectivity index (χ3v) is 7.89. The molecule has 2 N–H and O–H groups in total. The van der Waals surface area contributed by atoms with E-state index >= 15 is 0 Å². The third kappa shape index (κ3) is 4.38. The Kier molecular flexibility index (Phi) is 5.74. The summed E-state index contributed by atoms with van der Waals surface area (Å²) in [6.07, 6.45) is 7.12. The molecule has 2 aromatic carbocycles. The first-order valence-corrected chi connectivity index (χ1v) is 11.9. The van der Waals surface area contributed by atoms with E-state index in [1.807, 2.05) is 18.2 Å². The minimum Gasteiger partial charge on any atom is -0.351 e. The Balaban J connectivity index is 1.45. The number of carbonyl (C=O) groups is 1. The van der Waals surface area contributed by atoms with Crippen LogP contribution in [0.1, 0.15) is 60.9 Å². The van der Waals surface area contributed by atoms with Gasteiger partial charge in [-0.15, -0.1) is 0 Å². The van der Waals surface area contributed by atoms with Crippen molar-refractivity contribution in [1.29, 1.82) is 0 Å². The summed E-state index contributed by atoms with van der Waals surface area (Å²) in [6, 6.07) is 16.6. The second-order valence-electron chi connectivity index (χ2n) is 8.31. The first-order chi connectivity index (χ1) is 14.0. The number of hydrogen-bond donors (Lipinski definition) is 2. The van der Waals surface area contributed by atoms with Crippen molar-refractivity contribution < 1.29 is 13.2 Å². The Bertz CT molecular complexity index is 963. The van der Waals surface area contributed by atoms with Crippen molar-refractivity contribution in [2.45, 2.75) is 61.3 Å². The second kappa shape index (κ2) is 8.28. The SMILES string of the molecule is O=C(NCC1(c2ccccc2)CCC1)c1cccc(S(=O)(=O)NC2CCCC2)c1. The molecule has 0 aromatic heterocycles. The first kappa shape index (κ1) is 20.1. The Morgan fingerprint density at radius 2 is 1.69 bits per heavy atom. The fourth-order valence-electron chi connectivity index (χ4n) is 4.45. The molecule has 0 aliphatic heterocycles. The number of carbonyl (C=O) groups excluding carboxylic acids is 1. The summed E-state index contributed by atoms with van der Waals surface area (Å²) in [5, 5.41) is 3.04. The zero-order chi connectivity index (χ0) is 20.3. The molecular weight excluding hydrogens is 384 g/mol. The standard InChI is InChI=1S/C23H28N2O3S/c26-22(24-17-23(14-7-15-23)19-9-2-1-3-10-19)18-8-6-13-21(16-18)29(27,28)25-20-11-4-5-12-20/h1-3,6,8-10,13,16,20,25H,4-5,7,11-12,14-15,17H2,(H,24,26). The molecule has 0 spiro atoms. The van der Waals surface area contributed by atoms with Crippen molar-refractivity contribution >= 4 is 15.9 Å². The first-order valence-electron chi connectivity index (χ1n) is 10.4. The van der Waals surface area contributed by atoms with Crippen LogP contribution in [0.25, 0.3) is 0 Å². The molecule has 2 aromatic rings. The average molecular weight is 413 g/mol. The van der Waals surface area contributed by atoms with E-state index in [0.29, 0.717) is 12.1 Å². The lowest BCUT2D eigenvalue weighted by Crippen LogP contribution is -2.45. The summed E-state index contributed by atoms with van der Waals surface area (Å²) >= 11 is 0. The van der Waals surface area contributed by atoms with Crippen LogP contribution in [0.5, 0.6) is 0 Å². The van der Waals surface area contributed by atoms with Gasteiger partial charge in [0.1, 0.15) is 0 Å². The van der Waals surface area contributed by atoms with Crippen LogP contribution in [0.15, 0.2) is 59.5 Å². The van der Waals surface area contributed by atoms with Crippen LogP contribution in [-0.4, -0.2) is 26.9 Å². The maximum absolute atomic E-state index is 12.8. The number of rotatable bonds is 7. The molecule has 29 heavy (non-hydrogen) atoms. The maximum Gasteiger partial charge on any atom is 0.251 e. The molecular formula is C23H28N2O3S. The van der Waals surface area contributed by atoms with Crippen molar-refractivity contribution in [2.75, 3.05) is 6.54 Å². The normalized spacial score (nSPS) is 18.9. The largest absolute Gasteiger partial charge is 0.351 e. The molecule has 0 bridgehead atoms. The highest BCUT2D eigenvalue weighted by molar-refractivity contribution is 7.89. The monoisotopic (exact) mass is 412 g/mol. The maximum atomic E-state index is 12.8. The predicted molar refractivity (Wildman–Crippen MR) is 113 cm³/mol. The van der Waals surface area contributed by atoms with Gasteiger partial charge >= 0.3 is 0 Å². The Labute approximate surface area is 173 Å². The van der Waals surface area contributed by atoms with Crippen LogP contribution in [0.2, 0.25) is 0 Å². The van der Waals surface area contributed by atoms with E-state index in [1.54, 1.807) is 18.2 Å². The molecule has 0 atom stereocenters. The Hall–Kier alpha value is -2.18. The number of benzene rings is 2. The van der Waals surface area contributed by atoms with Crippen molar-refractivity contribution in [3.63, 3.8) is 0 Å². The van der Waals surface area contributed by atoms with Crippen LogP contribution in [-0.2, 0) is 15.4 Å². The number of hydrogen-bond acceptors (Lipinski definition) is 3. The van der Waals surface area contributed by atoms with Gasteiger partial charge in [-0.1, -0.05) is 55.7 Å².